The molecule has 1 aromatic heterocycles. The van der Waals surface area contributed by atoms with Crippen molar-refractivity contribution in [1.29, 1.82) is 0 Å². The van der Waals surface area contributed by atoms with Crippen molar-refractivity contribution in [2.24, 2.45) is 5.92 Å². The first-order valence-corrected chi connectivity index (χ1v) is 8.07. The summed E-state index contributed by atoms with van der Waals surface area (Å²) < 4.78 is 0. The van der Waals surface area contributed by atoms with E-state index in [1.807, 2.05) is 17.1 Å². The van der Waals surface area contributed by atoms with Crippen LogP contribution in [-0.2, 0) is 10.2 Å². The molecule has 0 aliphatic heterocycles. The number of rotatable bonds is 7. The minimum absolute atomic E-state index is 0.569. The standard InChI is InChI=1S/C12H20N2O2S2/c1-8(6-17-4)5-13-11-14-9(7-18-11)12(2,3)10(15)16/h7-8H,5-6H2,1-4H3,(H,13,14)(H,15,16). The van der Waals surface area contributed by atoms with Crippen LogP contribution in [0.1, 0.15) is 26.5 Å². The number of hydrogen-bond acceptors (Lipinski definition) is 5. The lowest BCUT2D eigenvalue weighted by Gasteiger charge is -2.15. The molecule has 0 aliphatic carbocycles. The van der Waals surface area contributed by atoms with Gasteiger partial charge in [0.05, 0.1) is 5.69 Å². The second-order valence-corrected chi connectivity index (χ2v) is 6.68. The molecule has 1 atom stereocenters. The van der Waals surface area contributed by atoms with Crippen molar-refractivity contribution >= 4 is 34.2 Å². The molecule has 0 radical (unpaired) electrons. The molecule has 0 spiro atoms. The molecule has 2 N–H and O–H groups in total. The first-order valence-electron chi connectivity index (χ1n) is 5.80. The lowest BCUT2D eigenvalue weighted by Crippen LogP contribution is -2.28. The number of aliphatic carboxylic acids is 1. The van der Waals surface area contributed by atoms with Gasteiger partial charge in [-0.25, -0.2) is 4.98 Å². The molecular weight excluding hydrogens is 268 g/mol. The zero-order valence-corrected chi connectivity index (χ0v) is 12.8. The summed E-state index contributed by atoms with van der Waals surface area (Å²) in [5.74, 6) is 0.821. The number of nitrogens with one attached hydrogen (secondary N) is 1. The predicted molar refractivity (Wildman–Crippen MR) is 78.8 cm³/mol. The largest absolute Gasteiger partial charge is 0.481 e. The van der Waals surface area contributed by atoms with Crippen LogP contribution in [0.4, 0.5) is 5.13 Å². The molecule has 18 heavy (non-hydrogen) atoms. The van der Waals surface area contributed by atoms with Crippen molar-refractivity contribution in [1.82, 2.24) is 4.98 Å². The number of anilines is 1. The van der Waals surface area contributed by atoms with Gasteiger partial charge in [-0.2, -0.15) is 11.8 Å². The number of nitrogens with zero attached hydrogens (tertiary/aromatic N) is 1. The van der Waals surface area contributed by atoms with Gasteiger partial charge in [0.2, 0.25) is 0 Å². The van der Waals surface area contributed by atoms with Crippen molar-refractivity contribution in [3.8, 4) is 0 Å². The average molecular weight is 288 g/mol. The molecule has 4 nitrogen and oxygen atoms in total. The van der Waals surface area contributed by atoms with Gasteiger partial charge in [-0.05, 0) is 31.8 Å². The Hall–Kier alpha value is -0.750. The number of thiazole rings is 1. The minimum atomic E-state index is -0.929. The normalized spacial score (nSPS) is 13.3. The summed E-state index contributed by atoms with van der Waals surface area (Å²) in [6, 6.07) is 0. The molecule has 1 unspecified atom stereocenters. The third-order valence-corrected chi connectivity index (χ3v) is 4.43. The van der Waals surface area contributed by atoms with E-state index in [4.69, 9.17) is 5.11 Å². The molecule has 0 fully saturated rings. The lowest BCUT2D eigenvalue weighted by molar-refractivity contribution is -0.142. The van der Waals surface area contributed by atoms with Gasteiger partial charge in [0.15, 0.2) is 5.13 Å². The summed E-state index contributed by atoms with van der Waals surface area (Å²) in [7, 11) is 0. The monoisotopic (exact) mass is 288 g/mol. The summed E-state index contributed by atoms with van der Waals surface area (Å²) in [6.45, 7) is 6.38. The highest BCUT2D eigenvalue weighted by atomic mass is 32.2. The van der Waals surface area contributed by atoms with Gasteiger partial charge in [0.25, 0.3) is 0 Å². The van der Waals surface area contributed by atoms with Crippen molar-refractivity contribution in [2.75, 3.05) is 23.9 Å². The average Bonchev–Trinajstić information content (AvgIpc) is 2.75. The maximum Gasteiger partial charge on any atom is 0.315 e. The van der Waals surface area contributed by atoms with Crippen molar-refractivity contribution in [3.63, 3.8) is 0 Å². The van der Waals surface area contributed by atoms with Gasteiger partial charge in [-0.3, -0.25) is 4.79 Å². The van der Waals surface area contributed by atoms with E-state index in [2.05, 4.69) is 23.5 Å². The maximum atomic E-state index is 11.1. The van der Waals surface area contributed by atoms with Crippen LogP contribution in [0.15, 0.2) is 5.38 Å². The zero-order valence-electron chi connectivity index (χ0n) is 11.2. The Morgan fingerprint density at radius 3 is 2.89 bits per heavy atom. The number of hydrogen-bond donors (Lipinski definition) is 2. The zero-order chi connectivity index (χ0) is 13.8. The predicted octanol–water partition coefficient (Wildman–Crippen LogP) is 2.92. The molecular formula is C12H20N2O2S2. The van der Waals surface area contributed by atoms with Crippen LogP contribution in [0.5, 0.6) is 0 Å². The number of aromatic nitrogens is 1. The number of carbonyl (C=O) groups is 1. The Bertz CT molecular complexity index is 405. The first-order chi connectivity index (χ1) is 8.37. The highest BCUT2D eigenvalue weighted by Crippen LogP contribution is 2.27. The van der Waals surface area contributed by atoms with Gasteiger partial charge < -0.3 is 10.4 Å². The smallest absolute Gasteiger partial charge is 0.315 e. The fourth-order valence-corrected chi connectivity index (χ4v) is 2.93. The molecule has 0 amide bonds. The molecule has 0 aliphatic rings. The molecule has 1 aromatic rings. The van der Waals surface area contributed by atoms with Crippen LogP contribution in [0.3, 0.4) is 0 Å². The quantitative estimate of drug-likeness (QED) is 0.808. The number of carboxylic acid groups (broad SMARTS) is 1. The van der Waals surface area contributed by atoms with E-state index in [1.54, 1.807) is 13.8 Å². The fraction of sp³-hybridized carbons (Fsp3) is 0.667. The molecule has 0 saturated carbocycles. The van der Waals surface area contributed by atoms with Crippen LogP contribution in [0.25, 0.3) is 0 Å². The Labute approximate surface area is 116 Å². The van der Waals surface area contributed by atoms with Crippen molar-refractivity contribution < 1.29 is 9.90 Å². The molecule has 1 heterocycles. The van der Waals surface area contributed by atoms with E-state index < -0.39 is 11.4 Å². The van der Waals surface area contributed by atoms with E-state index in [-0.39, 0.29) is 0 Å². The topological polar surface area (TPSA) is 62.2 Å². The highest BCUT2D eigenvalue weighted by Gasteiger charge is 2.32. The van der Waals surface area contributed by atoms with Crippen LogP contribution in [-0.4, -0.2) is 34.6 Å². The Morgan fingerprint density at radius 2 is 2.33 bits per heavy atom. The molecule has 0 bridgehead atoms. The van der Waals surface area contributed by atoms with Crippen LogP contribution in [0, 0.1) is 5.92 Å². The van der Waals surface area contributed by atoms with E-state index in [0.29, 0.717) is 11.6 Å². The minimum Gasteiger partial charge on any atom is -0.481 e. The van der Waals surface area contributed by atoms with Gasteiger partial charge in [0, 0.05) is 11.9 Å². The van der Waals surface area contributed by atoms with Gasteiger partial charge in [0.1, 0.15) is 5.41 Å². The van der Waals surface area contributed by atoms with E-state index in [1.165, 1.54) is 11.3 Å². The summed E-state index contributed by atoms with van der Waals surface area (Å²) in [4.78, 5) is 15.5. The van der Waals surface area contributed by atoms with E-state index in [0.717, 1.165) is 17.4 Å². The van der Waals surface area contributed by atoms with E-state index in [9.17, 15) is 4.79 Å². The van der Waals surface area contributed by atoms with Crippen LogP contribution in [0.2, 0.25) is 0 Å². The first kappa shape index (κ1) is 15.3. The van der Waals surface area contributed by atoms with Gasteiger partial charge in [-0.15, -0.1) is 11.3 Å². The second kappa shape index (κ2) is 6.43. The Kier molecular flexibility index (Phi) is 5.47. The highest BCUT2D eigenvalue weighted by molar-refractivity contribution is 7.98. The van der Waals surface area contributed by atoms with Crippen molar-refractivity contribution in [2.45, 2.75) is 26.2 Å². The maximum absolute atomic E-state index is 11.1. The van der Waals surface area contributed by atoms with E-state index >= 15 is 0 Å². The van der Waals surface area contributed by atoms with Gasteiger partial charge in [-0.1, -0.05) is 6.92 Å². The summed E-state index contributed by atoms with van der Waals surface area (Å²) in [6.07, 6.45) is 2.09. The lowest BCUT2D eigenvalue weighted by atomic mass is 9.90. The molecule has 1 rings (SSSR count). The summed E-state index contributed by atoms with van der Waals surface area (Å²) in [5, 5.41) is 15.0. The third-order valence-electron chi connectivity index (χ3n) is 2.73. The number of carboxylic acids is 1. The second-order valence-electron chi connectivity index (χ2n) is 4.91. The third kappa shape index (κ3) is 3.88. The molecule has 6 heteroatoms. The Balaban J connectivity index is 2.61. The van der Waals surface area contributed by atoms with Crippen LogP contribution >= 0.6 is 23.1 Å². The number of thioether (sulfide) groups is 1. The Morgan fingerprint density at radius 1 is 1.67 bits per heavy atom. The molecule has 0 aromatic carbocycles. The van der Waals surface area contributed by atoms with Crippen molar-refractivity contribution in [3.05, 3.63) is 11.1 Å². The SMILES string of the molecule is CSCC(C)CNc1nc(C(C)(C)C(=O)O)cs1. The molecule has 0 saturated heterocycles. The fourth-order valence-electron chi connectivity index (χ4n) is 1.36. The summed E-state index contributed by atoms with van der Waals surface area (Å²) in [5.41, 5.74) is -0.318. The van der Waals surface area contributed by atoms with Gasteiger partial charge >= 0.3 is 5.97 Å². The summed E-state index contributed by atoms with van der Waals surface area (Å²) >= 11 is 3.29. The van der Waals surface area contributed by atoms with Crippen LogP contribution < -0.4 is 5.32 Å². The molecule has 102 valence electrons.